The van der Waals surface area contributed by atoms with Crippen LogP contribution in [-0.2, 0) is 0 Å². The van der Waals surface area contributed by atoms with Crippen LogP contribution in [0.3, 0.4) is 0 Å². The normalized spacial score (nSPS) is 11.7. The molecule has 0 spiro atoms. The minimum absolute atomic E-state index is 0.848. The Kier molecular flexibility index (Phi) is 3.10. The Hall–Kier alpha value is -1.40. The van der Waals surface area contributed by atoms with E-state index < -0.39 is 0 Å². The van der Waals surface area contributed by atoms with Gasteiger partial charge < -0.3 is 0 Å². The van der Waals surface area contributed by atoms with Crippen molar-refractivity contribution in [2.75, 3.05) is 0 Å². The molecular weight excluding hydrogens is 216 g/mol. The molecule has 0 saturated carbocycles. The maximum atomic E-state index is 4.03. The molecule has 2 rings (SSSR count). The van der Waals surface area contributed by atoms with Gasteiger partial charge in [-0.1, -0.05) is 0 Å². The zero-order chi connectivity index (χ0) is 9.64. The fourth-order valence-corrected chi connectivity index (χ4v) is 1.74. The molecule has 0 aliphatic heterocycles. The first-order valence-electron chi connectivity index (χ1n) is 3.80. The van der Waals surface area contributed by atoms with Crippen LogP contribution >= 0.6 is 22.7 Å². The van der Waals surface area contributed by atoms with Gasteiger partial charge in [-0.15, -0.1) is 22.7 Å². The second-order valence-electron chi connectivity index (χ2n) is 2.23. The highest BCUT2D eigenvalue weighted by Crippen LogP contribution is 2.01. The molecule has 0 amide bonds. The molecule has 6 heteroatoms. The lowest BCUT2D eigenvalue weighted by molar-refractivity contribution is 1.25. The minimum atomic E-state index is 0.848. The zero-order valence-corrected chi connectivity index (χ0v) is 8.70. The summed E-state index contributed by atoms with van der Waals surface area (Å²) in [6, 6.07) is 0. The van der Waals surface area contributed by atoms with E-state index in [-0.39, 0.29) is 0 Å². The van der Waals surface area contributed by atoms with Gasteiger partial charge >= 0.3 is 0 Å². The van der Waals surface area contributed by atoms with Gasteiger partial charge in [-0.3, -0.25) is 0 Å². The monoisotopic (exact) mass is 222 g/mol. The second kappa shape index (κ2) is 4.73. The highest BCUT2D eigenvalue weighted by molar-refractivity contribution is 7.11. The third-order valence-corrected chi connectivity index (χ3v) is 2.73. The first-order chi connectivity index (χ1) is 6.95. The van der Waals surface area contributed by atoms with Crippen LogP contribution in [0.2, 0.25) is 0 Å². The zero-order valence-electron chi connectivity index (χ0n) is 7.07. The van der Waals surface area contributed by atoms with E-state index >= 15 is 0 Å². The topological polar surface area (TPSA) is 50.5 Å². The van der Waals surface area contributed by atoms with E-state index in [1.165, 1.54) is 22.7 Å². The maximum absolute atomic E-state index is 4.03. The summed E-state index contributed by atoms with van der Waals surface area (Å²) in [6.45, 7) is 0. The number of rotatable bonds is 3. The summed E-state index contributed by atoms with van der Waals surface area (Å²) in [5.74, 6) is 0. The average molecular weight is 222 g/mol. The van der Waals surface area contributed by atoms with Gasteiger partial charge in [0.15, 0.2) is 0 Å². The summed E-state index contributed by atoms with van der Waals surface area (Å²) >= 11 is 3.05. The lowest BCUT2D eigenvalue weighted by Gasteiger charge is -1.78. The highest BCUT2D eigenvalue weighted by Gasteiger charge is 1.88. The van der Waals surface area contributed by atoms with E-state index in [9.17, 15) is 0 Å². The SMILES string of the molecule is C(=N\N=C\c1nccs1)/c1nccs1. The molecule has 0 N–H and O–H groups in total. The van der Waals surface area contributed by atoms with Crippen molar-refractivity contribution in [1.82, 2.24) is 9.97 Å². The molecule has 0 aliphatic rings. The van der Waals surface area contributed by atoms with E-state index in [4.69, 9.17) is 0 Å². The molecule has 2 aromatic heterocycles. The Morgan fingerprint density at radius 1 is 0.929 bits per heavy atom. The molecule has 0 fully saturated rings. The third-order valence-electron chi connectivity index (χ3n) is 1.31. The van der Waals surface area contributed by atoms with Gasteiger partial charge in [-0.25, -0.2) is 9.97 Å². The standard InChI is InChI=1S/C8H6N4S2/c1-3-13-7(9-1)5-11-12-6-8-10-2-4-14-8/h1-6H/b11-5+,12-6+. The van der Waals surface area contributed by atoms with Crippen LogP contribution in [0, 0.1) is 0 Å². The molecule has 0 aromatic carbocycles. The summed E-state index contributed by atoms with van der Waals surface area (Å²) in [5, 5.41) is 13.2. The van der Waals surface area contributed by atoms with Gasteiger partial charge in [-0.2, -0.15) is 10.2 Å². The number of hydrogen-bond donors (Lipinski definition) is 0. The molecule has 2 aromatic rings. The average Bonchev–Trinajstić information content (AvgIpc) is 2.86. The molecule has 0 atom stereocenters. The Morgan fingerprint density at radius 2 is 1.43 bits per heavy atom. The Bertz CT molecular complexity index is 374. The molecule has 14 heavy (non-hydrogen) atoms. The molecule has 2 heterocycles. The molecule has 0 saturated heterocycles. The summed E-state index contributed by atoms with van der Waals surface area (Å²) in [4.78, 5) is 8.07. The number of aromatic nitrogens is 2. The Labute approximate surface area is 88.7 Å². The van der Waals surface area contributed by atoms with Crippen molar-refractivity contribution in [3.8, 4) is 0 Å². The number of nitrogens with zero attached hydrogens (tertiary/aromatic N) is 4. The summed E-state index contributed by atoms with van der Waals surface area (Å²) in [7, 11) is 0. The van der Waals surface area contributed by atoms with Gasteiger partial charge in [0.05, 0.1) is 12.4 Å². The second-order valence-corrected chi connectivity index (χ2v) is 4.08. The highest BCUT2D eigenvalue weighted by atomic mass is 32.1. The molecule has 0 aliphatic carbocycles. The first kappa shape index (κ1) is 9.17. The van der Waals surface area contributed by atoms with Crippen molar-refractivity contribution >= 4 is 35.1 Å². The van der Waals surface area contributed by atoms with Gasteiger partial charge in [0, 0.05) is 23.2 Å². The van der Waals surface area contributed by atoms with E-state index in [2.05, 4.69) is 20.2 Å². The summed E-state index contributed by atoms with van der Waals surface area (Å²) < 4.78 is 0. The predicted octanol–water partition coefficient (Wildman–Crippen LogP) is 2.05. The Balaban J connectivity index is 1.94. The van der Waals surface area contributed by atoms with Crippen LogP contribution in [-0.4, -0.2) is 22.4 Å². The number of hydrogen-bond acceptors (Lipinski definition) is 6. The molecule has 70 valence electrons. The Morgan fingerprint density at radius 3 is 1.79 bits per heavy atom. The molecule has 0 bridgehead atoms. The summed E-state index contributed by atoms with van der Waals surface area (Å²) in [5.41, 5.74) is 0. The van der Waals surface area contributed by atoms with Gasteiger partial charge in [0.2, 0.25) is 0 Å². The van der Waals surface area contributed by atoms with E-state index in [0.29, 0.717) is 0 Å². The van der Waals surface area contributed by atoms with Crippen molar-refractivity contribution in [2.45, 2.75) is 0 Å². The number of thiazole rings is 2. The van der Waals surface area contributed by atoms with Gasteiger partial charge in [0.25, 0.3) is 0 Å². The van der Waals surface area contributed by atoms with Crippen molar-refractivity contribution in [1.29, 1.82) is 0 Å². The van der Waals surface area contributed by atoms with Crippen molar-refractivity contribution < 1.29 is 0 Å². The first-order valence-corrected chi connectivity index (χ1v) is 5.56. The third kappa shape index (κ3) is 2.54. The van der Waals surface area contributed by atoms with E-state index in [1.807, 2.05) is 10.8 Å². The fraction of sp³-hybridized carbons (Fsp3) is 0. The van der Waals surface area contributed by atoms with Crippen molar-refractivity contribution in [2.24, 2.45) is 10.2 Å². The fourth-order valence-electron chi connectivity index (χ4n) is 0.762. The van der Waals surface area contributed by atoms with Crippen molar-refractivity contribution in [3.05, 3.63) is 33.2 Å². The maximum Gasteiger partial charge on any atom is 0.136 e. The van der Waals surface area contributed by atoms with Crippen molar-refractivity contribution in [3.63, 3.8) is 0 Å². The van der Waals surface area contributed by atoms with Gasteiger partial charge in [-0.05, 0) is 0 Å². The molecule has 4 nitrogen and oxygen atoms in total. The smallest absolute Gasteiger partial charge is 0.136 e. The lowest BCUT2D eigenvalue weighted by Crippen LogP contribution is -1.77. The largest absolute Gasteiger partial charge is 0.243 e. The molecular formula is C8H6N4S2. The van der Waals surface area contributed by atoms with E-state index in [1.54, 1.807) is 24.8 Å². The van der Waals surface area contributed by atoms with Crippen LogP contribution in [0.4, 0.5) is 0 Å². The van der Waals surface area contributed by atoms with Crippen LogP contribution in [0.25, 0.3) is 0 Å². The van der Waals surface area contributed by atoms with E-state index in [0.717, 1.165) is 10.0 Å². The summed E-state index contributed by atoms with van der Waals surface area (Å²) in [6.07, 6.45) is 6.71. The quantitative estimate of drug-likeness (QED) is 0.589. The predicted molar refractivity (Wildman–Crippen MR) is 59.4 cm³/mol. The molecule has 0 unspecified atom stereocenters. The minimum Gasteiger partial charge on any atom is -0.243 e. The van der Waals surface area contributed by atoms with Crippen LogP contribution in [0.15, 0.2) is 33.4 Å². The van der Waals surface area contributed by atoms with Crippen LogP contribution in [0.5, 0.6) is 0 Å². The molecule has 0 radical (unpaired) electrons. The lowest BCUT2D eigenvalue weighted by atomic mass is 10.7. The van der Waals surface area contributed by atoms with Crippen LogP contribution in [0.1, 0.15) is 10.0 Å². The van der Waals surface area contributed by atoms with Gasteiger partial charge in [0.1, 0.15) is 10.0 Å². The van der Waals surface area contributed by atoms with Crippen LogP contribution < -0.4 is 0 Å².